The Kier molecular flexibility index (Phi) is 6.67. The second-order valence-corrected chi connectivity index (χ2v) is 9.07. The summed E-state index contributed by atoms with van der Waals surface area (Å²) in [6, 6.07) is 25.1. The van der Waals surface area contributed by atoms with Gasteiger partial charge in [-0.1, -0.05) is 72.8 Å². The smallest absolute Gasteiger partial charge is 0.220 e. The van der Waals surface area contributed by atoms with E-state index in [0.717, 1.165) is 50.7 Å². The molecule has 0 unspecified atom stereocenters. The van der Waals surface area contributed by atoms with Gasteiger partial charge in [0.1, 0.15) is 5.82 Å². The van der Waals surface area contributed by atoms with E-state index >= 15 is 0 Å². The third kappa shape index (κ3) is 5.02. The lowest BCUT2D eigenvalue weighted by atomic mass is 10.0. The predicted molar refractivity (Wildman–Crippen MR) is 134 cm³/mol. The summed E-state index contributed by atoms with van der Waals surface area (Å²) in [5, 5.41) is 14.6. The molecular formula is C28H31N5O. The number of hydrogen-bond acceptors (Lipinski definition) is 4. The lowest BCUT2D eigenvalue weighted by Crippen LogP contribution is -2.30. The minimum Gasteiger partial charge on any atom is -0.346 e. The number of aryl methyl sites for hydroxylation is 1. The van der Waals surface area contributed by atoms with Gasteiger partial charge in [-0.3, -0.25) is 9.69 Å². The third-order valence-corrected chi connectivity index (χ3v) is 6.67. The maximum Gasteiger partial charge on any atom is 0.220 e. The number of benzene rings is 3. The first-order valence-electron chi connectivity index (χ1n) is 12.1. The number of carbonyl (C=O) groups excluding carboxylic acids is 1. The van der Waals surface area contributed by atoms with Crippen LogP contribution in [0.2, 0.25) is 0 Å². The molecule has 0 fully saturated rings. The summed E-state index contributed by atoms with van der Waals surface area (Å²) in [7, 11) is 0. The molecule has 3 aromatic carbocycles. The molecular weight excluding hydrogens is 422 g/mol. The largest absolute Gasteiger partial charge is 0.346 e. The molecule has 1 amide bonds. The number of amides is 1. The average molecular weight is 454 g/mol. The van der Waals surface area contributed by atoms with Crippen LogP contribution in [0.3, 0.4) is 0 Å². The molecule has 1 aromatic heterocycles. The Labute approximate surface area is 200 Å². The van der Waals surface area contributed by atoms with Crippen LogP contribution >= 0.6 is 0 Å². The molecule has 6 nitrogen and oxygen atoms in total. The predicted octanol–water partition coefficient (Wildman–Crippen LogP) is 4.30. The molecule has 4 aromatic rings. The molecule has 0 aliphatic carbocycles. The molecule has 2 heterocycles. The topological polar surface area (TPSA) is 63.1 Å². The van der Waals surface area contributed by atoms with Crippen molar-refractivity contribution in [2.45, 2.75) is 45.3 Å². The molecule has 5 rings (SSSR count). The van der Waals surface area contributed by atoms with Crippen molar-refractivity contribution in [1.29, 1.82) is 0 Å². The second kappa shape index (κ2) is 10.2. The quantitative estimate of drug-likeness (QED) is 0.453. The Morgan fingerprint density at radius 1 is 0.941 bits per heavy atom. The zero-order chi connectivity index (χ0) is 23.3. The summed E-state index contributed by atoms with van der Waals surface area (Å²) in [6.45, 7) is 5.61. The lowest BCUT2D eigenvalue weighted by Gasteiger charge is -2.21. The molecule has 6 heteroatoms. The van der Waals surface area contributed by atoms with Crippen LogP contribution in [0.15, 0.2) is 72.8 Å². The van der Waals surface area contributed by atoms with Gasteiger partial charge >= 0.3 is 0 Å². The van der Waals surface area contributed by atoms with Crippen LogP contribution in [-0.2, 0) is 30.7 Å². The summed E-state index contributed by atoms with van der Waals surface area (Å²) in [6.07, 6.45) is 2.06. The molecule has 0 saturated carbocycles. The highest BCUT2D eigenvalue weighted by Gasteiger charge is 2.23. The second-order valence-electron chi connectivity index (χ2n) is 9.07. The molecule has 1 N–H and O–H groups in total. The van der Waals surface area contributed by atoms with Crippen molar-refractivity contribution < 1.29 is 4.79 Å². The average Bonchev–Trinajstić information content (AvgIpc) is 3.18. The number of nitrogens with zero attached hydrogens (tertiary/aromatic N) is 4. The number of rotatable bonds is 7. The van der Waals surface area contributed by atoms with Crippen molar-refractivity contribution in [1.82, 2.24) is 25.0 Å². The SMILES string of the molecule is C[C@@H](NC(=O)CCc1ccccc1)c1nnc2n1CCN(Cc1cccc3ccccc13)CC2. The molecule has 34 heavy (non-hydrogen) atoms. The Morgan fingerprint density at radius 2 is 1.74 bits per heavy atom. The zero-order valence-electron chi connectivity index (χ0n) is 19.7. The van der Waals surface area contributed by atoms with Crippen molar-refractivity contribution in [2.24, 2.45) is 0 Å². The Hall–Kier alpha value is -3.51. The van der Waals surface area contributed by atoms with Crippen LogP contribution < -0.4 is 5.32 Å². The first-order chi connectivity index (χ1) is 16.7. The van der Waals surface area contributed by atoms with Gasteiger partial charge in [0, 0.05) is 39.0 Å². The van der Waals surface area contributed by atoms with Crippen molar-refractivity contribution >= 4 is 16.7 Å². The molecule has 0 bridgehead atoms. The normalized spacial score (nSPS) is 15.0. The highest BCUT2D eigenvalue weighted by molar-refractivity contribution is 5.85. The van der Waals surface area contributed by atoms with Gasteiger partial charge in [-0.15, -0.1) is 10.2 Å². The summed E-state index contributed by atoms with van der Waals surface area (Å²) in [5.74, 6) is 1.88. The number of aromatic nitrogens is 3. The fraction of sp³-hybridized carbons (Fsp3) is 0.321. The molecule has 174 valence electrons. The van der Waals surface area contributed by atoms with E-state index in [1.54, 1.807) is 0 Å². The Balaban J connectivity index is 1.21. The van der Waals surface area contributed by atoms with Crippen LogP contribution in [0.25, 0.3) is 10.8 Å². The van der Waals surface area contributed by atoms with E-state index in [1.807, 2.05) is 25.1 Å². The third-order valence-electron chi connectivity index (χ3n) is 6.67. The molecule has 0 radical (unpaired) electrons. The van der Waals surface area contributed by atoms with Crippen LogP contribution in [0.4, 0.5) is 0 Å². The molecule has 1 aliphatic heterocycles. The highest BCUT2D eigenvalue weighted by atomic mass is 16.1. The van der Waals surface area contributed by atoms with Gasteiger partial charge in [0.15, 0.2) is 5.82 Å². The summed E-state index contributed by atoms with van der Waals surface area (Å²) >= 11 is 0. The zero-order valence-corrected chi connectivity index (χ0v) is 19.7. The highest BCUT2D eigenvalue weighted by Crippen LogP contribution is 2.22. The van der Waals surface area contributed by atoms with E-state index < -0.39 is 0 Å². The lowest BCUT2D eigenvalue weighted by molar-refractivity contribution is -0.121. The van der Waals surface area contributed by atoms with Gasteiger partial charge in [0.25, 0.3) is 0 Å². The number of hydrogen-bond donors (Lipinski definition) is 1. The standard InChI is InChI=1S/C28H31N5O/c1-21(29-27(34)15-14-22-8-3-2-4-9-22)28-31-30-26-16-17-32(18-19-33(26)28)20-24-12-7-11-23-10-5-6-13-25(23)24/h2-13,21H,14-20H2,1H3,(H,29,34)/t21-/m1/s1. The van der Waals surface area contributed by atoms with Crippen LogP contribution in [0.1, 0.15) is 42.2 Å². The fourth-order valence-corrected chi connectivity index (χ4v) is 4.82. The van der Waals surface area contributed by atoms with E-state index in [4.69, 9.17) is 0 Å². The number of fused-ring (bicyclic) bond motifs is 2. The maximum absolute atomic E-state index is 12.5. The first kappa shape index (κ1) is 22.3. The van der Waals surface area contributed by atoms with Crippen molar-refractivity contribution in [3.63, 3.8) is 0 Å². The number of carbonyl (C=O) groups is 1. The van der Waals surface area contributed by atoms with Gasteiger partial charge in [-0.2, -0.15) is 0 Å². The first-order valence-corrected chi connectivity index (χ1v) is 12.1. The summed E-state index contributed by atoms with van der Waals surface area (Å²) in [4.78, 5) is 15.0. The van der Waals surface area contributed by atoms with Gasteiger partial charge in [0.2, 0.25) is 5.91 Å². The van der Waals surface area contributed by atoms with Crippen molar-refractivity contribution in [2.75, 3.05) is 13.1 Å². The Bertz CT molecular complexity index is 1260. The van der Waals surface area contributed by atoms with Crippen molar-refractivity contribution in [3.05, 3.63) is 95.6 Å². The van der Waals surface area contributed by atoms with Crippen LogP contribution in [0.5, 0.6) is 0 Å². The van der Waals surface area contributed by atoms with Gasteiger partial charge in [-0.25, -0.2) is 0 Å². The van der Waals surface area contributed by atoms with E-state index in [9.17, 15) is 4.79 Å². The monoisotopic (exact) mass is 453 g/mol. The van der Waals surface area contributed by atoms with Gasteiger partial charge in [0.05, 0.1) is 6.04 Å². The van der Waals surface area contributed by atoms with E-state index in [-0.39, 0.29) is 11.9 Å². The van der Waals surface area contributed by atoms with E-state index in [0.29, 0.717) is 6.42 Å². The molecule has 0 saturated heterocycles. The minimum absolute atomic E-state index is 0.0416. The van der Waals surface area contributed by atoms with Crippen LogP contribution in [-0.4, -0.2) is 38.7 Å². The van der Waals surface area contributed by atoms with E-state index in [1.165, 1.54) is 21.9 Å². The molecule has 1 aliphatic rings. The minimum atomic E-state index is -0.172. The van der Waals surface area contributed by atoms with E-state index in [2.05, 4.69) is 79.6 Å². The molecule has 0 spiro atoms. The summed E-state index contributed by atoms with van der Waals surface area (Å²) in [5.41, 5.74) is 2.53. The number of nitrogens with one attached hydrogen (secondary N) is 1. The van der Waals surface area contributed by atoms with Gasteiger partial charge in [-0.05, 0) is 35.2 Å². The maximum atomic E-state index is 12.5. The van der Waals surface area contributed by atoms with Crippen molar-refractivity contribution in [3.8, 4) is 0 Å². The fourth-order valence-electron chi connectivity index (χ4n) is 4.82. The summed E-state index contributed by atoms with van der Waals surface area (Å²) < 4.78 is 2.20. The Morgan fingerprint density at radius 3 is 2.62 bits per heavy atom. The molecule has 1 atom stereocenters. The van der Waals surface area contributed by atoms with Crippen LogP contribution in [0, 0.1) is 0 Å². The van der Waals surface area contributed by atoms with Gasteiger partial charge < -0.3 is 9.88 Å².